The summed E-state index contributed by atoms with van der Waals surface area (Å²) in [5.74, 6) is 0.602. The van der Waals surface area contributed by atoms with Gasteiger partial charge in [-0.1, -0.05) is 36.4 Å². The Morgan fingerprint density at radius 1 is 0.788 bits per heavy atom. The number of alkyl halides is 3. The highest BCUT2D eigenvalue weighted by atomic mass is 19.4. The van der Waals surface area contributed by atoms with Gasteiger partial charge < -0.3 is 9.80 Å². The van der Waals surface area contributed by atoms with Gasteiger partial charge in [0.05, 0.1) is 11.3 Å². The highest BCUT2D eigenvalue weighted by Gasteiger charge is 2.31. The minimum absolute atomic E-state index is 0.591. The maximum absolute atomic E-state index is 13.0. The summed E-state index contributed by atoms with van der Waals surface area (Å²) in [6.45, 7) is 2.62. The van der Waals surface area contributed by atoms with Gasteiger partial charge in [-0.25, -0.2) is 0 Å². The predicted molar refractivity (Wildman–Crippen MR) is 121 cm³/mol. The minimum atomic E-state index is -4.34. The Morgan fingerprint density at radius 2 is 1.58 bits per heavy atom. The summed E-state index contributed by atoms with van der Waals surface area (Å²) < 4.78 is 40.7. The van der Waals surface area contributed by atoms with Crippen LogP contribution in [0.1, 0.15) is 11.4 Å². The van der Waals surface area contributed by atoms with Gasteiger partial charge in [0.1, 0.15) is 0 Å². The average Bonchev–Trinajstić information content (AvgIpc) is 3.31. The zero-order valence-corrected chi connectivity index (χ0v) is 17.7. The highest BCUT2D eigenvalue weighted by molar-refractivity contribution is 5.84. The molecule has 4 aromatic rings. The van der Waals surface area contributed by atoms with E-state index in [-0.39, 0.29) is 0 Å². The van der Waals surface area contributed by atoms with Crippen molar-refractivity contribution in [3.8, 4) is 5.69 Å². The molecule has 3 aromatic carbocycles. The SMILES string of the molecule is FC(F)(F)c1cccc(N2CCN(/C=C\c3nnnn3-c3ccc4ccccc4c3)CC2)c1. The van der Waals surface area contributed by atoms with Crippen LogP contribution in [0.15, 0.2) is 72.9 Å². The number of hydrogen-bond acceptors (Lipinski definition) is 5. The maximum Gasteiger partial charge on any atom is 0.416 e. The molecule has 0 spiro atoms. The van der Waals surface area contributed by atoms with Crippen LogP contribution >= 0.6 is 0 Å². The third kappa shape index (κ3) is 4.52. The van der Waals surface area contributed by atoms with Crippen LogP contribution in [0, 0.1) is 0 Å². The molecule has 1 fully saturated rings. The Kier molecular flexibility index (Phi) is 5.45. The number of tetrazole rings is 1. The second-order valence-electron chi connectivity index (χ2n) is 7.87. The van der Waals surface area contributed by atoms with Crippen LogP contribution in [0.3, 0.4) is 0 Å². The van der Waals surface area contributed by atoms with E-state index in [2.05, 4.69) is 26.5 Å². The van der Waals surface area contributed by atoms with Crippen LogP contribution in [-0.4, -0.2) is 51.3 Å². The van der Waals surface area contributed by atoms with Crippen molar-refractivity contribution in [2.45, 2.75) is 6.18 Å². The first-order valence-corrected chi connectivity index (χ1v) is 10.6. The van der Waals surface area contributed by atoms with E-state index in [1.165, 1.54) is 12.1 Å². The van der Waals surface area contributed by atoms with Crippen LogP contribution in [-0.2, 0) is 6.18 Å². The van der Waals surface area contributed by atoms with E-state index in [0.29, 0.717) is 37.7 Å². The first-order chi connectivity index (χ1) is 16.0. The molecule has 1 aromatic heterocycles. The van der Waals surface area contributed by atoms with Crippen LogP contribution in [0.2, 0.25) is 0 Å². The largest absolute Gasteiger partial charge is 0.416 e. The molecule has 0 N–H and O–H groups in total. The number of rotatable bonds is 4. The van der Waals surface area contributed by atoms with Crippen molar-refractivity contribution in [1.82, 2.24) is 25.1 Å². The summed E-state index contributed by atoms with van der Waals surface area (Å²) in [6.07, 6.45) is -0.544. The van der Waals surface area contributed by atoms with Gasteiger partial charge in [-0.05, 0) is 51.5 Å². The molecule has 0 unspecified atom stereocenters. The predicted octanol–water partition coefficient (Wildman–Crippen LogP) is 4.63. The number of nitrogens with zero attached hydrogens (tertiary/aromatic N) is 6. The fourth-order valence-electron chi connectivity index (χ4n) is 3.97. The number of benzene rings is 3. The van der Waals surface area contributed by atoms with Crippen LogP contribution in [0.5, 0.6) is 0 Å². The van der Waals surface area contributed by atoms with Gasteiger partial charge in [-0.3, -0.25) is 0 Å². The molecule has 1 aliphatic rings. The minimum Gasteiger partial charge on any atom is -0.374 e. The van der Waals surface area contributed by atoms with E-state index < -0.39 is 11.7 Å². The van der Waals surface area contributed by atoms with E-state index in [0.717, 1.165) is 22.5 Å². The van der Waals surface area contributed by atoms with Gasteiger partial charge in [0.15, 0.2) is 5.82 Å². The Hall–Kier alpha value is -3.88. The number of anilines is 1. The molecule has 0 saturated carbocycles. The summed E-state index contributed by atoms with van der Waals surface area (Å²) in [7, 11) is 0. The molecule has 0 amide bonds. The number of hydrogen-bond donors (Lipinski definition) is 0. The van der Waals surface area contributed by atoms with E-state index in [1.807, 2.05) is 53.6 Å². The Morgan fingerprint density at radius 3 is 2.36 bits per heavy atom. The van der Waals surface area contributed by atoms with Crippen LogP contribution in [0.25, 0.3) is 22.5 Å². The summed E-state index contributed by atoms with van der Waals surface area (Å²) in [4.78, 5) is 4.09. The number of fused-ring (bicyclic) bond motifs is 1. The molecule has 0 radical (unpaired) electrons. The summed E-state index contributed by atoms with van der Waals surface area (Å²) in [5.41, 5.74) is 0.837. The standard InChI is InChI=1S/C24H21F3N6/c25-24(26,27)20-6-3-7-21(17-20)32-14-12-31(13-15-32)11-10-23-28-29-30-33(23)22-9-8-18-4-1-2-5-19(18)16-22/h1-11,16-17H,12-15H2/b11-10-. The van der Waals surface area contributed by atoms with Crippen molar-refractivity contribution in [2.24, 2.45) is 0 Å². The molecule has 0 atom stereocenters. The zero-order valence-electron chi connectivity index (χ0n) is 17.7. The molecule has 9 heteroatoms. The third-order valence-electron chi connectivity index (χ3n) is 5.76. The first-order valence-electron chi connectivity index (χ1n) is 10.6. The molecule has 1 saturated heterocycles. The summed E-state index contributed by atoms with van der Waals surface area (Å²) in [6, 6.07) is 19.6. The van der Waals surface area contributed by atoms with Crippen LogP contribution < -0.4 is 4.90 Å². The molecule has 5 rings (SSSR count). The summed E-state index contributed by atoms with van der Waals surface area (Å²) >= 11 is 0. The number of halogens is 3. The first kappa shape index (κ1) is 21.0. The molecular weight excluding hydrogens is 429 g/mol. The van der Waals surface area contributed by atoms with Gasteiger partial charge in [0.2, 0.25) is 0 Å². The lowest BCUT2D eigenvalue weighted by Crippen LogP contribution is -2.44. The highest BCUT2D eigenvalue weighted by Crippen LogP contribution is 2.32. The van der Waals surface area contributed by atoms with Crippen molar-refractivity contribution in [3.63, 3.8) is 0 Å². The summed E-state index contributed by atoms with van der Waals surface area (Å²) in [5, 5.41) is 14.3. The molecular formula is C24H21F3N6. The third-order valence-corrected chi connectivity index (χ3v) is 5.76. The lowest BCUT2D eigenvalue weighted by atomic mass is 10.1. The fraction of sp³-hybridized carbons (Fsp3) is 0.208. The zero-order chi connectivity index (χ0) is 22.8. The maximum atomic E-state index is 13.0. The normalized spacial score (nSPS) is 15.0. The molecule has 0 aliphatic carbocycles. The van der Waals surface area contributed by atoms with Crippen molar-refractivity contribution < 1.29 is 13.2 Å². The quantitative estimate of drug-likeness (QED) is 0.454. The van der Waals surface area contributed by atoms with Gasteiger partial charge in [0, 0.05) is 44.1 Å². The Bertz CT molecular complexity index is 1290. The molecule has 0 bridgehead atoms. The van der Waals surface area contributed by atoms with Gasteiger partial charge in [-0.2, -0.15) is 17.9 Å². The van der Waals surface area contributed by atoms with Gasteiger partial charge in [0.25, 0.3) is 0 Å². The smallest absolute Gasteiger partial charge is 0.374 e. The molecule has 33 heavy (non-hydrogen) atoms. The molecule has 6 nitrogen and oxygen atoms in total. The van der Waals surface area contributed by atoms with E-state index in [1.54, 1.807) is 10.7 Å². The monoisotopic (exact) mass is 450 g/mol. The van der Waals surface area contributed by atoms with Crippen molar-refractivity contribution in [2.75, 3.05) is 31.1 Å². The Balaban J connectivity index is 1.26. The second-order valence-corrected chi connectivity index (χ2v) is 7.87. The fourth-order valence-corrected chi connectivity index (χ4v) is 3.97. The molecule has 168 valence electrons. The average molecular weight is 450 g/mol. The lowest BCUT2D eigenvalue weighted by molar-refractivity contribution is -0.137. The van der Waals surface area contributed by atoms with Gasteiger partial charge in [-0.15, -0.1) is 5.10 Å². The number of aromatic nitrogens is 4. The van der Waals surface area contributed by atoms with E-state index >= 15 is 0 Å². The van der Waals surface area contributed by atoms with Crippen LogP contribution in [0.4, 0.5) is 18.9 Å². The van der Waals surface area contributed by atoms with Crippen molar-refractivity contribution >= 4 is 22.5 Å². The van der Waals surface area contributed by atoms with Crippen molar-refractivity contribution in [3.05, 3.63) is 84.3 Å². The van der Waals surface area contributed by atoms with E-state index in [9.17, 15) is 13.2 Å². The van der Waals surface area contributed by atoms with Gasteiger partial charge >= 0.3 is 6.18 Å². The topological polar surface area (TPSA) is 50.1 Å². The lowest BCUT2D eigenvalue weighted by Gasteiger charge is -2.35. The Labute approximate surface area is 188 Å². The van der Waals surface area contributed by atoms with Crippen molar-refractivity contribution in [1.29, 1.82) is 0 Å². The number of piperazine rings is 1. The molecule has 1 aliphatic heterocycles. The van der Waals surface area contributed by atoms with E-state index in [4.69, 9.17) is 0 Å². The molecule has 2 heterocycles. The second kappa shape index (κ2) is 8.57.